The lowest BCUT2D eigenvalue weighted by molar-refractivity contribution is -0.119. The number of carbonyl (C=O) groups is 1. The number of nitrogens with two attached hydrogens (primary N) is 1. The van der Waals surface area contributed by atoms with Crippen molar-refractivity contribution in [1.82, 2.24) is 5.32 Å². The number of methoxy groups -OCH3 is 1. The van der Waals surface area contributed by atoms with Gasteiger partial charge in [0.25, 0.3) is 0 Å². The lowest BCUT2D eigenvalue weighted by atomic mass is 10.1. The number of primary amides is 1. The molecule has 1 heterocycles. The SMILES string of the molecule is COc1cccc(F)c1COc1ccc(CNC(C)C(N)=O)c2c1OCO2. The van der Waals surface area contributed by atoms with E-state index in [4.69, 9.17) is 24.7 Å². The Hall–Kier alpha value is -3.00. The number of hydrogen-bond donors (Lipinski definition) is 2. The van der Waals surface area contributed by atoms with Crippen molar-refractivity contribution < 1.29 is 28.1 Å². The highest BCUT2D eigenvalue weighted by Gasteiger charge is 2.24. The van der Waals surface area contributed by atoms with E-state index in [2.05, 4.69) is 5.32 Å². The normalized spacial score (nSPS) is 13.3. The fourth-order valence-corrected chi connectivity index (χ4v) is 2.66. The Morgan fingerprint density at radius 2 is 2.04 bits per heavy atom. The molecule has 0 aromatic heterocycles. The van der Waals surface area contributed by atoms with Crippen molar-refractivity contribution in [2.75, 3.05) is 13.9 Å². The van der Waals surface area contributed by atoms with Crippen LogP contribution < -0.4 is 30.0 Å². The van der Waals surface area contributed by atoms with E-state index in [0.717, 1.165) is 5.56 Å². The molecule has 8 heteroatoms. The van der Waals surface area contributed by atoms with Crippen molar-refractivity contribution in [1.29, 1.82) is 0 Å². The molecule has 1 amide bonds. The second kappa shape index (κ2) is 8.13. The average Bonchev–Trinajstić information content (AvgIpc) is 3.15. The third-order valence-electron chi connectivity index (χ3n) is 4.26. The van der Waals surface area contributed by atoms with Crippen LogP contribution in [0.2, 0.25) is 0 Å². The van der Waals surface area contributed by atoms with Crippen LogP contribution in [0, 0.1) is 5.82 Å². The van der Waals surface area contributed by atoms with Crippen molar-refractivity contribution in [3.05, 3.63) is 47.3 Å². The van der Waals surface area contributed by atoms with Gasteiger partial charge in [-0.25, -0.2) is 4.39 Å². The summed E-state index contributed by atoms with van der Waals surface area (Å²) in [7, 11) is 1.47. The smallest absolute Gasteiger partial charge is 0.234 e. The average molecular weight is 376 g/mol. The summed E-state index contributed by atoms with van der Waals surface area (Å²) < 4.78 is 36.0. The Labute approximate surface area is 156 Å². The third kappa shape index (κ3) is 4.06. The lowest BCUT2D eigenvalue weighted by Gasteiger charge is -2.15. The standard InChI is InChI=1S/C19H21FN2O5/c1-11(19(21)23)22-8-12-6-7-16(18-17(12)26-10-27-18)25-9-13-14(20)4-3-5-15(13)24-2/h3-7,11,22H,8-10H2,1-2H3,(H2,21,23). The molecule has 1 unspecified atom stereocenters. The van der Waals surface area contributed by atoms with Gasteiger partial charge in [0, 0.05) is 12.1 Å². The van der Waals surface area contributed by atoms with Crippen LogP contribution >= 0.6 is 0 Å². The molecule has 0 fully saturated rings. The topological polar surface area (TPSA) is 92.0 Å². The minimum atomic E-state index is -0.479. The Kier molecular flexibility index (Phi) is 5.66. The second-order valence-electron chi connectivity index (χ2n) is 6.00. The molecule has 1 aliphatic heterocycles. The number of ether oxygens (including phenoxy) is 4. The molecule has 0 spiro atoms. The number of carbonyl (C=O) groups excluding carboxylic acids is 1. The molecule has 0 aliphatic carbocycles. The summed E-state index contributed by atoms with van der Waals surface area (Å²) in [6, 6.07) is 7.61. The minimum Gasteiger partial charge on any atom is -0.496 e. The van der Waals surface area contributed by atoms with Crippen LogP contribution in [0.5, 0.6) is 23.0 Å². The van der Waals surface area contributed by atoms with Crippen LogP contribution in [0.25, 0.3) is 0 Å². The maximum atomic E-state index is 14.1. The van der Waals surface area contributed by atoms with Gasteiger partial charge in [0.15, 0.2) is 11.5 Å². The van der Waals surface area contributed by atoms with Crippen molar-refractivity contribution in [3.63, 3.8) is 0 Å². The molecule has 0 saturated heterocycles. The first-order chi connectivity index (χ1) is 13.0. The van der Waals surface area contributed by atoms with Gasteiger partial charge in [-0.05, 0) is 25.1 Å². The number of halogens is 1. The summed E-state index contributed by atoms with van der Waals surface area (Å²) in [5.74, 6) is 0.949. The quantitative estimate of drug-likeness (QED) is 0.733. The molecular formula is C19H21FN2O5. The summed E-state index contributed by atoms with van der Waals surface area (Å²) in [5, 5.41) is 3.01. The minimum absolute atomic E-state index is 0.0258. The molecule has 1 aliphatic rings. The first-order valence-electron chi connectivity index (χ1n) is 8.39. The van der Waals surface area contributed by atoms with Crippen molar-refractivity contribution in [2.45, 2.75) is 26.1 Å². The van der Waals surface area contributed by atoms with Gasteiger partial charge in [0.2, 0.25) is 18.4 Å². The maximum absolute atomic E-state index is 14.1. The van der Waals surface area contributed by atoms with Crippen LogP contribution in [-0.2, 0) is 17.9 Å². The predicted molar refractivity (Wildman–Crippen MR) is 95.3 cm³/mol. The Balaban J connectivity index is 1.76. The molecule has 7 nitrogen and oxygen atoms in total. The fourth-order valence-electron chi connectivity index (χ4n) is 2.66. The van der Waals surface area contributed by atoms with Crippen LogP contribution in [-0.4, -0.2) is 25.9 Å². The first-order valence-corrected chi connectivity index (χ1v) is 8.39. The highest BCUT2D eigenvalue weighted by atomic mass is 19.1. The molecule has 2 aromatic carbocycles. The molecule has 0 radical (unpaired) electrons. The molecule has 144 valence electrons. The fraction of sp³-hybridized carbons (Fsp3) is 0.316. The molecule has 3 N–H and O–H groups in total. The van der Waals surface area contributed by atoms with E-state index in [9.17, 15) is 9.18 Å². The summed E-state index contributed by atoms with van der Waals surface area (Å²) in [6.07, 6.45) is 0. The number of fused-ring (bicyclic) bond motifs is 1. The highest BCUT2D eigenvalue weighted by molar-refractivity contribution is 5.79. The summed E-state index contributed by atoms with van der Waals surface area (Å²) in [6.45, 7) is 2.08. The van der Waals surface area contributed by atoms with E-state index < -0.39 is 17.8 Å². The first kappa shape index (κ1) is 18.8. The van der Waals surface area contributed by atoms with E-state index in [1.54, 1.807) is 31.2 Å². The van der Waals surface area contributed by atoms with Gasteiger partial charge in [0.05, 0.1) is 18.7 Å². The van der Waals surface area contributed by atoms with Crippen LogP contribution in [0.15, 0.2) is 30.3 Å². The summed E-state index contributed by atoms with van der Waals surface area (Å²) in [4.78, 5) is 11.2. The van der Waals surface area contributed by atoms with E-state index in [1.165, 1.54) is 13.2 Å². The predicted octanol–water partition coefficient (Wildman–Crippen LogP) is 2.11. The number of rotatable bonds is 8. The molecule has 1 atom stereocenters. The summed E-state index contributed by atoms with van der Waals surface area (Å²) in [5.41, 5.74) is 6.36. The van der Waals surface area contributed by atoms with Gasteiger partial charge >= 0.3 is 0 Å². The lowest BCUT2D eigenvalue weighted by Crippen LogP contribution is -2.38. The molecule has 0 saturated carbocycles. The maximum Gasteiger partial charge on any atom is 0.234 e. The zero-order valence-electron chi connectivity index (χ0n) is 15.1. The highest BCUT2D eigenvalue weighted by Crippen LogP contribution is 2.44. The largest absolute Gasteiger partial charge is 0.496 e. The Morgan fingerprint density at radius 3 is 2.78 bits per heavy atom. The third-order valence-corrected chi connectivity index (χ3v) is 4.26. The molecule has 0 bridgehead atoms. The van der Waals surface area contributed by atoms with Crippen molar-refractivity contribution in [3.8, 4) is 23.0 Å². The van der Waals surface area contributed by atoms with Crippen molar-refractivity contribution >= 4 is 5.91 Å². The number of amides is 1. The zero-order chi connectivity index (χ0) is 19.4. The van der Waals surface area contributed by atoms with E-state index >= 15 is 0 Å². The van der Waals surface area contributed by atoms with Crippen molar-refractivity contribution in [2.24, 2.45) is 5.73 Å². The van der Waals surface area contributed by atoms with E-state index in [-0.39, 0.29) is 13.4 Å². The Bertz CT molecular complexity index is 843. The molecule has 27 heavy (non-hydrogen) atoms. The van der Waals surface area contributed by atoms with Crippen LogP contribution in [0.4, 0.5) is 4.39 Å². The number of hydrogen-bond acceptors (Lipinski definition) is 6. The number of benzene rings is 2. The van der Waals surface area contributed by atoms with E-state index in [0.29, 0.717) is 35.1 Å². The van der Waals surface area contributed by atoms with Gasteiger partial charge in [-0.2, -0.15) is 0 Å². The van der Waals surface area contributed by atoms with Gasteiger partial charge < -0.3 is 30.0 Å². The second-order valence-corrected chi connectivity index (χ2v) is 6.00. The van der Waals surface area contributed by atoms with Crippen LogP contribution in [0.1, 0.15) is 18.1 Å². The zero-order valence-corrected chi connectivity index (χ0v) is 15.1. The van der Waals surface area contributed by atoms with E-state index in [1.807, 2.05) is 0 Å². The Morgan fingerprint density at radius 1 is 1.26 bits per heavy atom. The van der Waals surface area contributed by atoms with Gasteiger partial charge in [-0.1, -0.05) is 12.1 Å². The molecule has 3 rings (SSSR count). The van der Waals surface area contributed by atoms with Gasteiger partial charge in [-0.3, -0.25) is 4.79 Å². The van der Waals surface area contributed by atoms with Gasteiger partial charge in [0.1, 0.15) is 18.2 Å². The van der Waals surface area contributed by atoms with Crippen LogP contribution in [0.3, 0.4) is 0 Å². The molecular weight excluding hydrogens is 355 g/mol. The number of nitrogens with one attached hydrogen (secondary N) is 1. The van der Waals surface area contributed by atoms with Gasteiger partial charge in [-0.15, -0.1) is 0 Å². The monoisotopic (exact) mass is 376 g/mol. The molecule has 2 aromatic rings. The summed E-state index contributed by atoms with van der Waals surface area (Å²) >= 11 is 0.